The molecule has 1 aromatic rings. The molecule has 2 heterocycles. The number of amides is 2. The van der Waals surface area contributed by atoms with Gasteiger partial charge < -0.3 is 19.4 Å². The van der Waals surface area contributed by atoms with E-state index in [1.54, 1.807) is 4.90 Å². The van der Waals surface area contributed by atoms with Crippen LogP contribution in [0.1, 0.15) is 19.3 Å². The Bertz CT molecular complexity index is 620. The largest absolute Gasteiger partial charge is 0.361 e. The SMILES string of the molecule is CN(C)CCCC(=O)N1CCC2(C1)CN(c1ccccc1)C(=O)CO2. The summed E-state index contributed by atoms with van der Waals surface area (Å²) in [5.74, 6) is 0.165. The van der Waals surface area contributed by atoms with Gasteiger partial charge in [-0.2, -0.15) is 0 Å². The summed E-state index contributed by atoms with van der Waals surface area (Å²) in [6.07, 6.45) is 2.21. The van der Waals surface area contributed by atoms with Crippen LogP contribution in [0.5, 0.6) is 0 Å². The molecule has 2 aliphatic rings. The Morgan fingerprint density at radius 1 is 1.24 bits per heavy atom. The van der Waals surface area contributed by atoms with Gasteiger partial charge >= 0.3 is 0 Å². The summed E-state index contributed by atoms with van der Waals surface area (Å²) in [5, 5.41) is 0. The quantitative estimate of drug-likeness (QED) is 0.809. The highest BCUT2D eigenvalue weighted by Gasteiger charge is 2.46. The lowest BCUT2D eigenvalue weighted by Crippen LogP contribution is -2.56. The van der Waals surface area contributed by atoms with Crippen molar-refractivity contribution in [3.8, 4) is 0 Å². The van der Waals surface area contributed by atoms with Crippen LogP contribution in [0, 0.1) is 0 Å². The van der Waals surface area contributed by atoms with E-state index in [2.05, 4.69) is 4.90 Å². The van der Waals surface area contributed by atoms with Gasteiger partial charge in [0, 0.05) is 18.7 Å². The molecule has 1 atom stereocenters. The number of likely N-dealkylation sites (tertiary alicyclic amines) is 1. The first-order valence-electron chi connectivity index (χ1n) is 8.91. The van der Waals surface area contributed by atoms with E-state index >= 15 is 0 Å². The Kier molecular flexibility index (Phi) is 5.39. The van der Waals surface area contributed by atoms with Gasteiger partial charge in [0.1, 0.15) is 12.2 Å². The number of nitrogens with zero attached hydrogens (tertiary/aromatic N) is 3. The van der Waals surface area contributed by atoms with Crippen LogP contribution >= 0.6 is 0 Å². The minimum absolute atomic E-state index is 0.0208. The number of hydrogen-bond donors (Lipinski definition) is 0. The number of ether oxygens (including phenoxy) is 1. The number of anilines is 1. The van der Waals surface area contributed by atoms with Gasteiger partial charge in [0.15, 0.2) is 0 Å². The number of carbonyl (C=O) groups is 2. The summed E-state index contributed by atoms with van der Waals surface area (Å²) in [5.41, 5.74) is 0.465. The Balaban J connectivity index is 1.61. The summed E-state index contributed by atoms with van der Waals surface area (Å²) < 4.78 is 5.92. The normalized spacial score (nSPS) is 23.7. The molecule has 0 radical (unpaired) electrons. The minimum Gasteiger partial charge on any atom is -0.361 e. The third-order valence-electron chi connectivity index (χ3n) is 4.98. The van der Waals surface area contributed by atoms with E-state index in [0.29, 0.717) is 26.1 Å². The molecule has 6 heteroatoms. The summed E-state index contributed by atoms with van der Waals surface area (Å²) in [6, 6.07) is 9.68. The molecular weight excluding hydrogens is 318 g/mol. The number of rotatable bonds is 5. The predicted octanol–water partition coefficient (Wildman–Crippen LogP) is 1.36. The second-order valence-corrected chi connectivity index (χ2v) is 7.26. The molecule has 1 spiro atoms. The lowest BCUT2D eigenvalue weighted by atomic mass is 10.00. The first kappa shape index (κ1) is 17.9. The highest BCUT2D eigenvalue weighted by Crippen LogP contribution is 2.32. The average molecular weight is 345 g/mol. The molecule has 0 bridgehead atoms. The lowest BCUT2D eigenvalue weighted by molar-refractivity contribution is -0.139. The van der Waals surface area contributed by atoms with Crippen LogP contribution in [-0.2, 0) is 14.3 Å². The molecule has 2 saturated heterocycles. The van der Waals surface area contributed by atoms with E-state index in [0.717, 1.165) is 25.1 Å². The molecule has 3 rings (SSSR count). The molecule has 0 aromatic heterocycles. The number of benzene rings is 1. The summed E-state index contributed by atoms with van der Waals surface area (Å²) in [6.45, 7) is 2.79. The fraction of sp³-hybridized carbons (Fsp3) is 0.579. The zero-order valence-corrected chi connectivity index (χ0v) is 15.1. The highest BCUT2D eigenvalue weighted by atomic mass is 16.5. The van der Waals surface area contributed by atoms with Gasteiger partial charge in [-0.05, 0) is 45.6 Å². The summed E-state index contributed by atoms with van der Waals surface area (Å²) >= 11 is 0. The first-order valence-corrected chi connectivity index (χ1v) is 8.91. The maximum absolute atomic E-state index is 12.4. The van der Waals surface area contributed by atoms with Gasteiger partial charge in [-0.25, -0.2) is 0 Å². The maximum Gasteiger partial charge on any atom is 0.253 e. The van der Waals surface area contributed by atoms with Gasteiger partial charge in [0.2, 0.25) is 5.91 Å². The molecular formula is C19H27N3O3. The molecule has 0 aliphatic carbocycles. The number of carbonyl (C=O) groups excluding carboxylic acids is 2. The predicted molar refractivity (Wildman–Crippen MR) is 96.5 cm³/mol. The summed E-state index contributed by atoms with van der Waals surface area (Å²) in [4.78, 5) is 30.5. The molecule has 2 aliphatic heterocycles. The fourth-order valence-electron chi connectivity index (χ4n) is 3.57. The molecule has 6 nitrogen and oxygen atoms in total. The van der Waals surface area contributed by atoms with Crippen LogP contribution in [0.15, 0.2) is 30.3 Å². The number of morpholine rings is 1. The number of para-hydroxylation sites is 1. The van der Waals surface area contributed by atoms with E-state index < -0.39 is 5.60 Å². The van der Waals surface area contributed by atoms with Crippen LogP contribution in [0.2, 0.25) is 0 Å². The second kappa shape index (κ2) is 7.54. The molecule has 2 amide bonds. The van der Waals surface area contributed by atoms with Crippen LogP contribution in [0.3, 0.4) is 0 Å². The fourth-order valence-corrected chi connectivity index (χ4v) is 3.57. The zero-order valence-electron chi connectivity index (χ0n) is 15.1. The van der Waals surface area contributed by atoms with Gasteiger partial charge in [0.25, 0.3) is 5.91 Å². The third-order valence-corrected chi connectivity index (χ3v) is 4.98. The van der Waals surface area contributed by atoms with Crippen molar-refractivity contribution in [3.63, 3.8) is 0 Å². The van der Waals surface area contributed by atoms with Crippen molar-refractivity contribution < 1.29 is 14.3 Å². The van der Waals surface area contributed by atoms with Gasteiger partial charge in [-0.3, -0.25) is 9.59 Å². The standard InChI is InChI=1S/C19H27N3O3/c1-20(2)11-6-9-17(23)21-12-10-19(14-21)15-22(18(24)13-25-19)16-7-4-3-5-8-16/h3-5,7-8H,6,9-15H2,1-2H3. The Labute approximate surface area is 149 Å². The minimum atomic E-state index is -0.430. The third kappa shape index (κ3) is 4.19. The van der Waals surface area contributed by atoms with Crippen LogP contribution in [0.4, 0.5) is 5.69 Å². The van der Waals surface area contributed by atoms with Crippen molar-refractivity contribution in [2.75, 3.05) is 51.8 Å². The van der Waals surface area contributed by atoms with E-state index in [1.807, 2.05) is 49.3 Å². The van der Waals surface area contributed by atoms with E-state index in [9.17, 15) is 9.59 Å². The Morgan fingerprint density at radius 2 is 2.00 bits per heavy atom. The van der Waals surface area contributed by atoms with E-state index in [1.165, 1.54) is 0 Å². The van der Waals surface area contributed by atoms with Crippen molar-refractivity contribution in [2.45, 2.75) is 24.9 Å². The van der Waals surface area contributed by atoms with Crippen LogP contribution < -0.4 is 4.90 Å². The molecule has 0 saturated carbocycles. The van der Waals surface area contributed by atoms with Crippen LogP contribution in [-0.4, -0.2) is 74.1 Å². The second-order valence-electron chi connectivity index (χ2n) is 7.26. The maximum atomic E-state index is 12.4. The smallest absolute Gasteiger partial charge is 0.253 e. The van der Waals surface area contributed by atoms with Crippen molar-refractivity contribution in [1.82, 2.24) is 9.80 Å². The Morgan fingerprint density at radius 3 is 2.72 bits per heavy atom. The van der Waals surface area contributed by atoms with Crippen molar-refractivity contribution in [1.29, 1.82) is 0 Å². The monoisotopic (exact) mass is 345 g/mol. The average Bonchev–Trinajstić information content (AvgIpc) is 3.02. The molecule has 1 aromatic carbocycles. The molecule has 25 heavy (non-hydrogen) atoms. The van der Waals surface area contributed by atoms with Crippen molar-refractivity contribution in [3.05, 3.63) is 30.3 Å². The van der Waals surface area contributed by atoms with Gasteiger partial charge in [-0.15, -0.1) is 0 Å². The van der Waals surface area contributed by atoms with E-state index in [-0.39, 0.29) is 18.4 Å². The topological polar surface area (TPSA) is 53.1 Å². The highest BCUT2D eigenvalue weighted by molar-refractivity contribution is 5.95. The van der Waals surface area contributed by atoms with Crippen LogP contribution in [0.25, 0.3) is 0 Å². The van der Waals surface area contributed by atoms with Gasteiger partial charge in [-0.1, -0.05) is 18.2 Å². The molecule has 0 N–H and O–H groups in total. The lowest BCUT2D eigenvalue weighted by Gasteiger charge is -2.40. The van der Waals surface area contributed by atoms with Crippen molar-refractivity contribution >= 4 is 17.5 Å². The van der Waals surface area contributed by atoms with Crippen molar-refractivity contribution in [2.24, 2.45) is 0 Å². The zero-order chi connectivity index (χ0) is 17.9. The first-order chi connectivity index (χ1) is 12.0. The Hall–Kier alpha value is -1.92. The van der Waals surface area contributed by atoms with E-state index in [4.69, 9.17) is 4.74 Å². The molecule has 1 unspecified atom stereocenters. The molecule has 2 fully saturated rings. The number of hydrogen-bond acceptors (Lipinski definition) is 4. The molecule has 136 valence electrons. The van der Waals surface area contributed by atoms with Gasteiger partial charge in [0.05, 0.1) is 13.1 Å². The summed E-state index contributed by atoms with van der Waals surface area (Å²) in [7, 11) is 4.03.